The highest BCUT2D eigenvalue weighted by Gasteiger charge is 2.34. The molecule has 0 saturated heterocycles. The van der Waals surface area contributed by atoms with Crippen LogP contribution in [-0.2, 0) is 0 Å². The number of alkyl halides is 1. The van der Waals surface area contributed by atoms with Gasteiger partial charge in [-0.15, -0.1) is 22.9 Å². The van der Waals surface area contributed by atoms with E-state index in [1.807, 2.05) is 72.8 Å². The summed E-state index contributed by atoms with van der Waals surface area (Å²) < 4.78 is 3.75. The van der Waals surface area contributed by atoms with Gasteiger partial charge in [-0.2, -0.15) is 0 Å². The summed E-state index contributed by atoms with van der Waals surface area (Å²) in [5, 5.41) is 53.5. The molecule has 0 saturated carbocycles. The normalized spacial score (nSPS) is 14.9. The summed E-state index contributed by atoms with van der Waals surface area (Å²) in [5.74, 6) is -2.59. The summed E-state index contributed by atoms with van der Waals surface area (Å²) >= 11 is 8.98. The van der Waals surface area contributed by atoms with Crippen molar-refractivity contribution in [3.05, 3.63) is 113 Å². The van der Waals surface area contributed by atoms with Crippen LogP contribution in [0.25, 0.3) is 64.1 Å². The topological polar surface area (TPSA) is 111 Å². The van der Waals surface area contributed by atoms with Crippen molar-refractivity contribution in [3.63, 3.8) is 0 Å². The largest absolute Gasteiger partial charge is 0.504 e. The van der Waals surface area contributed by atoms with Gasteiger partial charge >= 0.3 is 0 Å². The van der Waals surface area contributed by atoms with Gasteiger partial charge in [-0.1, -0.05) is 90.6 Å². The van der Waals surface area contributed by atoms with Gasteiger partial charge in [0.1, 0.15) is 11.7 Å². The van der Waals surface area contributed by atoms with E-state index in [0.29, 0.717) is 16.1 Å². The van der Waals surface area contributed by atoms with Gasteiger partial charge in [0, 0.05) is 36.7 Å². The Morgan fingerprint density at radius 2 is 1.33 bits per heavy atom. The van der Waals surface area contributed by atoms with Crippen LogP contribution in [0.4, 0.5) is 0 Å². The summed E-state index contributed by atoms with van der Waals surface area (Å²) in [4.78, 5) is 9.99. The third-order valence-electron chi connectivity index (χ3n) is 9.14. The predicted octanol–water partition coefficient (Wildman–Crippen LogP) is 10.3. The number of para-hydroxylation sites is 1. The molecule has 0 fully saturated rings. The molecule has 2 aromatic heterocycles. The Labute approximate surface area is 292 Å². The van der Waals surface area contributed by atoms with E-state index in [2.05, 4.69) is 41.0 Å². The second kappa shape index (κ2) is 11.0. The van der Waals surface area contributed by atoms with Crippen LogP contribution in [0, 0.1) is 0 Å². The minimum atomic E-state index is -0.665. The Hall–Kier alpha value is -5.48. The predicted molar refractivity (Wildman–Crippen MR) is 204 cm³/mol. The molecule has 9 rings (SSSR count). The van der Waals surface area contributed by atoms with E-state index in [4.69, 9.17) is 11.6 Å². The zero-order valence-electron chi connectivity index (χ0n) is 25.5. The second-order valence-corrected chi connectivity index (χ2v) is 13.9. The average Bonchev–Trinajstić information content (AvgIpc) is 3.80. The van der Waals surface area contributed by atoms with Crippen molar-refractivity contribution in [1.29, 1.82) is 0 Å². The lowest BCUT2D eigenvalue weighted by Crippen LogP contribution is -2.02. The highest BCUT2D eigenvalue weighted by Crippen LogP contribution is 2.57. The number of hydrogen-bond donors (Lipinski definition) is 4. The van der Waals surface area contributed by atoms with Gasteiger partial charge in [-0.3, -0.25) is 9.98 Å². The van der Waals surface area contributed by atoms with Crippen molar-refractivity contribution in [2.75, 3.05) is 6.00 Å². The van der Waals surface area contributed by atoms with Gasteiger partial charge in [0.25, 0.3) is 0 Å². The number of aromatic hydroxyl groups is 4. The minimum Gasteiger partial charge on any atom is -0.504 e. The number of hydrogen-bond acceptors (Lipinski definition) is 8. The number of rotatable bonds is 4. The van der Waals surface area contributed by atoms with Crippen LogP contribution in [0.1, 0.15) is 11.1 Å². The van der Waals surface area contributed by atoms with Crippen LogP contribution in [0.5, 0.6) is 23.0 Å². The number of phenolic OH excluding ortho intramolecular Hbond substituents is 4. The molecule has 0 radical (unpaired) electrons. The summed E-state index contributed by atoms with van der Waals surface area (Å²) in [6, 6.07) is 31.6. The number of thiophene rings is 1. The molecule has 49 heavy (non-hydrogen) atoms. The zero-order valence-corrected chi connectivity index (χ0v) is 27.9. The number of fused-ring (bicyclic) bond motifs is 11. The standard InChI is InChI=1S/C39H24ClN3O4S2/c1-41-31(39-30(42-18-40)23-14-6-9-17-26(23)49-39)29-34(44)36(46)33(37(47)35(29)45)43-24-15-7-4-12-21(24)27-19-10-2-3-11-20(19)28-22-13-5-8-16-25(22)48-38(28)32(27)43/h2-17,44-47H,1,18H2/b39-31+,42-30-. The van der Waals surface area contributed by atoms with Crippen LogP contribution in [0.3, 0.4) is 0 Å². The summed E-state index contributed by atoms with van der Waals surface area (Å²) in [7, 11) is 0. The van der Waals surface area contributed by atoms with Crippen LogP contribution in [0.2, 0.25) is 0 Å². The number of nitrogens with zero attached hydrogens (tertiary/aromatic N) is 3. The van der Waals surface area contributed by atoms with Crippen molar-refractivity contribution in [2.24, 2.45) is 9.98 Å². The minimum absolute atomic E-state index is 0.0392. The van der Waals surface area contributed by atoms with Crippen LogP contribution < -0.4 is 0 Å². The van der Waals surface area contributed by atoms with E-state index in [1.165, 1.54) is 11.8 Å². The first-order valence-electron chi connectivity index (χ1n) is 15.3. The number of halogens is 1. The van der Waals surface area contributed by atoms with Crippen molar-refractivity contribution >= 4 is 106 Å². The first-order chi connectivity index (χ1) is 23.9. The number of benzene rings is 6. The number of aliphatic imine (C=N–C) groups is 2. The molecule has 0 atom stereocenters. The molecule has 4 N–H and O–H groups in total. The van der Waals surface area contributed by atoms with Gasteiger partial charge in [0.05, 0.1) is 37.6 Å². The molecule has 0 bridgehead atoms. The lowest BCUT2D eigenvalue weighted by Gasteiger charge is -2.19. The van der Waals surface area contributed by atoms with Crippen LogP contribution in [0.15, 0.2) is 117 Å². The molecule has 0 aliphatic carbocycles. The molecular weight excluding hydrogens is 674 g/mol. The molecule has 1 aliphatic rings. The van der Waals surface area contributed by atoms with Gasteiger partial charge in [0.15, 0.2) is 23.0 Å². The molecule has 0 spiro atoms. The molecule has 8 aromatic rings. The molecule has 3 heterocycles. The summed E-state index contributed by atoms with van der Waals surface area (Å²) in [6.07, 6.45) is 0. The quantitative estimate of drug-likeness (QED) is 0.0481. The van der Waals surface area contributed by atoms with Gasteiger partial charge in [-0.25, -0.2) is 0 Å². The smallest absolute Gasteiger partial charge is 0.187 e. The van der Waals surface area contributed by atoms with Gasteiger partial charge in [-0.05, 0) is 35.7 Å². The highest BCUT2D eigenvalue weighted by atomic mass is 35.5. The molecule has 7 nitrogen and oxygen atoms in total. The van der Waals surface area contributed by atoms with Gasteiger partial charge < -0.3 is 25.0 Å². The van der Waals surface area contributed by atoms with E-state index in [-0.39, 0.29) is 23.0 Å². The maximum absolute atomic E-state index is 11.9. The summed E-state index contributed by atoms with van der Waals surface area (Å²) in [6.45, 7) is 3.72. The fourth-order valence-corrected chi connectivity index (χ4v) is 9.71. The van der Waals surface area contributed by atoms with E-state index >= 15 is 0 Å². The highest BCUT2D eigenvalue weighted by molar-refractivity contribution is 8.05. The van der Waals surface area contributed by atoms with Crippen molar-refractivity contribution in [3.8, 4) is 28.7 Å². The van der Waals surface area contributed by atoms with E-state index < -0.39 is 23.0 Å². The second-order valence-electron chi connectivity index (χ2n) is 11.6. The van der Waals surface area contributed by atoms with Crippen molar-refractivity contribution in [2.45, 2.75) is 4.90 Å². The Kier molecular flexibility index (Phi) is 6.67. The third kappa shape index (κ3) is 4.04. The van der Waals surface area contributed by atoms with E-state index in [0.717, 1.165) is 57.7 Å². The molecule has 1 aliphatic heterocycles. The molecule has 0 amide bonds. The Balaban J connectivity index is 1.41. The lowest BCUT2D eigenvalue weighted by atomic mass is 9.99. The number of aromatic nitrogens is 1. The molecule has 0 unspecified atom stereocenters. The average molecular weight is 698 g/mol. The maximum Gasteiger partial charge on any atom is 0.187 e. The fraction of sp³-hybridized carbons (Fsp3) is 0.0256. The van der Waals surface area contributed by atoms with Gasteiger partial charge in [0.2, 0.25) is 0 Å². The zero-order chi connectivity index (χ0) is 33.6. The Morgan fingerprint density at radius 3 is 2.04 bits per heavy atom. The van der Waals surface area contributed by atoms with E-state index in [1.54, 1.807) is 15.9 Å². The molecule has 10 heteroatoms. The SMILES string of the molecule is C=N/C(=C1/Sc2ccccc2/C1=N/CCl)c1c(O)c(O)c(-n2c3ccccc3c3c4ccccc4c4c5ccccc5sc4c32)c(O)c1O. The number of allylic oxidation sites excluding steroid dienone is 1. The molecule has 238 valence electrons. The summed E-state index contributed by atoms with van der Waals surface area (Å²) in [5.41, 5.74) is 2.31. The first-order valence-corrected chi connectivity index (χ1v) is 17.5. The van der Waals surface area contributed by atoms with E-state index in [9.17, 15) is 20.4 Å². The molecular formula is C39H24ClN3O4S2. The lowest BCUT2D eigenvalue weighted by molar-refractivity contribution is 0.369. The van der Waals surface area contributed by atoms with Crippen molar-refractivity contribution in [1.82, 2.24) is 4.57 Å². The maximum atomic E-state index is 11.9. The first kappa shape index (κ1) is 29.6. The molecule has 6 aromatic carbocycles. The van der Waals surface area contributed by atoms with Crippen LogP contribution in [-0.4, -0.2) is 43.4 Å². The Bertz CT molecular complexity index is 2790. The third-order valence-corrected chi connectivity index (χ3v) is 11.6. The monoisotopic (exact) mass is 697 g/mol. The van der Waals surface area contributed by atoms with Crippen LogP contribution >= 0.6 is 34.7 Å². The fourth-order valence-electron chi connectivity index (χ4n) is 7.15. The number of phenols is 4. The van der Waals surface area contributed by atoms with Crippen molar-refractivity contribution < 1.29 is 20.4 Å². The Morgan fingerprint density at radius 1 is 0.714 bits per heavy atom. The number of thioether (sulfide) groups is 1.